The normalized spacial score (nSPS) is 12.0. The maximum absolute atomic E-state index is 13.0. The van der Waals surface area contributed by atoms with Crippen LogP contribution in [0.1, 0.15) is 21.6 Å². The first kappa shape index (κ1) is 25.4. The molecule has 1 heterocycles. The standard InChI is InChI=1S/C28H22F3N3O3/c29-28(30,31)19-10-8-18(9-11-19)23-6-1-2-7-24(23)26(35)34-21-14-12-20(13-15-21)33-25(27(36)37)17-22-5-3-4-16-32-22/h1-16,25,33H,17H2,(H,34,35)(H,36,37). The summed E-state index contributed by atoms with van der Waals surface area (Å²) in [5.74, 6) is -1.46. The van der Waals surface area contributed by atoms with E-state index >= 15 is 0 Å². The summed E-state index contributed by atoms with van der Waals surface area (Å²) >= 11 is 0. The van der Waals surface area contributed by atoms with Gasteiger partial charge in [-0.1, -0.05) is 36.4 Å². The lowest BCUT2D eigenvalue weighted by molar-refractivity contribution is -0.138. The van der Waals surface area contributed by atoms with Crippen molar-refractivity contribution in [1.82, 2.24) is 4.98 Å². The van der Waals surface area contributed by atoms with Crippen LogP contribution >= 0.6 is 0 Å². The van der Waals surface area contributed by atoms with Crippen LogP contribution in [0.25, 0.3) is 11.1 Å². The number of halogens is 3. The molecule has 0 saturated carbocycles. The maximum atomic E-state index is 13.0. The number of amides is 1. The van der Waals surface area contributed by atoms with E-state index in [1.807, 2.05) is 0 Å². The third-order valence-electron chi connectivity index (χ3n) is 5.62. The number of aliphatic carboxylic acids is 1. The molecule has 0 radical (unpaired) electrons. The Morgan fingerprint density at radius 3 is 2.11 bits per heavy atom. The number of hydrogen-bond donors (Lipinski definition) is 3. The van der Waals surface area contributed by atoms with E-state index in [4.69, 9.17) is 0 Å². The Hall–Kier alpha value is -4.66. The fourth-order valence-corrected chi connectivity index (χ4v) is 3.75. The summed E-state index contributed by atoms with van der Waals surface area (Å²) in [4.78, 5) is 28.9. The molecule has 1 atom stereocenters. The number of nitrogens with zero attached hydrogens (tertiary/aromatic N) is 1. The first-order valence-electron chi connectivity index (χ1n) is 11.3. The van der Waals surface area contributed by atoms with Crippen molar-refractivity contribution < 1.29 is 27.9 Å². The second-order valence-corrected chi connectivity index (χ2v) is 8.21. The van der Waals surface area contributed by atoms with Gasteiger partial charge in [-0.3, -0.25) is 9.78 Å². The Morgan fingerprint density at radius 2 is 1.49 bits per heavy atom. The number of carbonyl (C=O) groups excluding carboxylic acids is 1. The summed E-state index contributed by atoms with van der Waals surface area (Å²) in [6.45, 7) is 0. The molecule has 0 fully saturated rings. The Morgan fingerprint density at radius 1 is 0.838 bits per heavy atom. The van der Waals surface area contributed by atoms with Crippen molar-refractivity contribution in [3.05, 3.63) is 114 Å². The molecule has 1 amide bonds. The van der Waals surface area contributed by atoms with Crippen LogP contribution in [0.4, 0.5) is 24.5 Å². The number of hydrogen-bond acceptors (Lipinski definition) is 4. The highest BCUT2D eigenvalue weighted by molar-refractivity contribution is 6.08. The molecular weight excluding hydrogens is 483 g/mol. The summed E-state index contributed by atoms with van der Waals surface area (Å²) in [5, 5.41) is 15.3. The van der Waals surface area contributed by atoms with Crippen LogP contribution in [-0.4, -0.2) is 28.0 Å². The van der Waals surface area contributed by atoms with Crippen molar-refractivity contribution >= 4 is 23.3 Å². The van der Waals surface area contributed by atoms with Gasteiger partial charge >= 0.3 is 12.1 Å². The largest absolute Gasteiger partial charge is 0.480 e. The Labute approximate surface area is 210 Å². The van der Waals surface area contributed by atoms with Crippen LogP contribution in [0.15, 0.2) is 97.2 Å². The van der Waals surface area contributed by atoms with E-state index < -0.39 is 29.7 Å². The van der Waals surface area contributed by atoms with Gasteiger partial charge in [-0.2, -0.15) is 13.2 Å². The quantitative estimate of drug-likeness (QED) is 0.268. The lowest BCUT2D eigenvalue weighted by atomic mass is 9.98. The van der Waals surface area contributed by atoms with Gasteiger partial charge in [-0.05, 0) is 65.7 Å². The van der Waals surface area contributed by atoms with Gasteiger partial charge in [0.25, 0.3) is 5.91 Å². The van der Waals surface area contributed by atoms with Crippen molar-refractivity contribution in [2.24, 2.45) is 0 Å². The van der Waals surface area contributed by atoms with Gasteiger partial charge in [-0.15, -0.1) is 0 Å². The monoisotopic (exact) mass is 505 g/mol. The molecule has 0 aliphatic heterocycles. The summed E-state index contributed by atoms with van der Waals surface area (Å²) in [7, 11) is 0. The van der Waals surface area contributed by atoms with Crippen LogP contribution < -0.4 is 10.6 Å². The number of carbonyl (C=O) groups is 2. The molecule has 188 valence electrons. The second kappa shape index (κ2) is 10.9. The molecule has 37 heavy (non-hydrogen) atoms. The predicted octanol–water partition coefficient (Wildman–Crippen LogP) is 6.13. The van der Waals surface area contributed by atoms with E-state index in [1.54, 1.807) is 72.9 Å². The third kappa shape index (κ3) is 6.52. The van der Waals surface area contributed by atoms with Crippen LogP contribution in [0.3, 0.4) is 0 Å². The van der Waals surface area contributed by atoms with Crippen molar-refractivity contribution in [3.63, 3.8) is 0 Å². The summed E-state index contributed by atoms with van der Waals surface area (Å²) < 4.78 is 38.7. The SMILES string of the molecule is O=C(Nc1ccc(NC(Cc2ccccn2)C(=O)O)cc1)c1ccccc1-c1ccc(C(F)(F)F)cc1. The van der Waals surface area contributed by atoms with Crippen LogP contribution in [0.5, 0.6) is 0 Å². The van der Waals surface area contributed by atoms with E-state index in [1.165, 1.54) is 12.1 Å². The van der Waals surface area contributed by atoms with Crippen molar-refractivity contribution in [3.8, 4) is 11.1 Å². The number of nitrogens with one attached hydrogen (secondary N) is 2. The Kier molecular flexibility index (Phi) is 7.52. The van der Waals surface area contributed by atoms with Crippen LogP contribution in [0.2, 0.25) is 0 Å². The first-order chi connectivity index (χ1) is 17.7. The van der Waals surface area contributed by atoms with Gasteiger partial charge in [0, 0.05) is 35.2 Å². The van der Waals surface area contributed by atoms with Gasteiger partial charge in [0.05, 0.1) is 5.56 Å². The molecule has 9 heteroatoms. The molecule has 0 spiro atoms. The second-order valence-electron chi connectivity index (χ2n) is 8.21. The molecule has 0 bridgehead atoms. The van der Waals surface area contributed by atoms with E-state index in [0.29, 0.717) is 33.8 Å². The van der Waals surface area contributed by atoms with E-state index in [2.05, 4.69) is 15.6 Å². The number of rotatable bonds is 8. The first-order valence-corrected chi connectivity index (χ1v) is 11.3. The molecule has 0 aliphatic carbocycles. The van der Waals surface area contributed by atoms with Crippen molar-refractivity contribution in [1.29, 1.82) is 0 Å². The summed E-state index contributed by atoms with van der Waals surface area (Å²) in [6.07, 6.45) is -2.66. The van der Waals surface area contributed by atoms with Crippen molar-refractivity contribution in [2.75, 3.05) is 10.6 Å². The van der Waals surface area contributed by atoms with E-state index in [0.717, 1.165) is 12.1 Å². The van der Waals surface area contributed by atoms with Gasteiger partial charge in [0.2, 0.25) is 0 Å². The highest BCUT2D eigenvalue weighted by atomic mass is 19.4. The zero-order chi connectivity index (χ0) is 26.4. The van der Waals surface area contributed by atoms with E-state index in [-0.39, 0.29) is 6.42 Å². The fraction of sp³-hybridized carbons (Fsp3) is 0.107. The zero-order valence-electron chi connectivity index (χ0n) is 19.4. The molecule has 0 saturated heterocycles. The fourth-order valence-electron chi connectivity index (χ4n) is 3.75. The molecule has 6 nitrogen and oxygen atoms in total. The number of pyridine rings is 1. The van der Waals surface area contributed by atoms with Crippen LogP contribution in [-0.2, 0) is 17.4 Å². The minimum atomic E-state index is -4.45. The summed E-state index contributed by atoms with van der Waals surface area (Å²) in [5.41, 5.74) is 2.15. The number of carboxylic acids is 1. The lowest BCUT2D eigenvalue weighted by Crippen LogP contribution is -2.31. The third-order valence-corrected chi connectivity index (χ3v) is 5.62. The topological polar surface area (TPSA) is 91.3 Å². The number of alkyl halides is 3. The Bertz CT molecular complexity index is 1370. The average Bonchev–Trinajstić information content (AvgIpc) is 2.89. The number of carboxylic acid groups (broad SMARTS) is 1. The van der Waals surface area contributed by atoms with Crippen LogP contribution in [0, 0.1) is 0 Å². The molecule has 4 rings (SSSR count). The molecule has 3 aromatic carbocycles. The average molecular weight is 505 g/mol. The zero-order valence-corrected chi connectivity index (χ0v) is 19.4. The Balaban J connectivity index is 1.46. The molecule has 1 aromatic heterocycles. The van der Waals surface area contributed by atoms with Gasteiger partial charge in [0.1, 0.15) is 6.04 Å². The molecule has 0 aliphatic rings. The number of benzene rings is 3. The van der Waals surface area contributed by atoms with Gasteiger partial charge in [-0.25, -0.2) is 4.79 Å². The number of anilines is 2. The highest BCUT2D eigenvalue weighted by Gasteiger charge is 2.30. The maximum Gasteiger partial charge on any atom is 0.416 e. The molecular formula is C28H22F3N3O3. The molecule has 3 N–H and O–H groups in total. The van der Waals surface area contributed by atoms with Crippen molar-refractivity contribution in [2.45, 2.75) is 18.6 Å². The minimum absolute atomic E-state index is 0.190. The van der Waals surface area contributed by atoms with Gasteiger partial charge < -0.3 is 15.7 Å². The smallest absolute Gasteiger partial charge is 0.416 e. The van der Waals surface area contributed by atoms with Gasteiger partial charge in [0.15, 0.2) is 0 Å². The minimum Gasteiger partial charge on any atom is -0.480 e. The summed E-state index contributed by atoms with van der Waals surface area (Å²) in [6, 6.07) is 22.2. The highest BCUT2D eigenvalue weighted by Crippen LogP contribution is 2.32. The lowest BCUT2D eigenvalue weighted by Gasteiger charge is -2.16. The predicted molar refractivity (Wildman–Crippen MR) is 134 cm³/mol. The van der Waals surface area contributed by atoms with E-state index in [9.17, 15) is 27.9 Å². The molecule has 1 unspecified atom stereocenters. The number of aromatic nitrogens is 1. The molecule has 4 aromatic rings.